The topological polar surface area (TPSA) is 129 Å². The minimum Gasteiger partial charge on any atom is -0.481 e. The minimum absolute atomic E-state index is 0.253. The molecule has 1 aliphatic rings. The van der Waals surface area contributed by atoms with Gasteiger partial charge in [0, 0.05) is 39.2 Å². The number of carboxylic acids is 1. The summed E-state index contributed by atoms with van der Waals surface area (Å²) >= 11 is 0. The fourth-order valence-electron chi connectivity index (χ4n) is 3.86. The highest BCUT2D eigenvalue weighted by atomic mass is 16.5. The summed E-state index contributed by atoms with van der Waals surface area (Å²) in [7, 11) is 1.72. The summed E-state index contributed by atoms with van der Waals surface area (Å²) in [6, 6.07) is 17.8. The van der Waals surface area contributed by atoms with Crippen LogP contribution in [0.4, 0.5) is 5.82 Å². The van der Waals surface area contributed by atoms with Crippen molar-refractivity contribution in [3.63, 3.8) is 0 Å². The van der Waals surface area contributed by atoms with Crippen molar-refractivity contribution in [3.8, 4) is 22.8 Å². The number of fused-ring (bicyclic) bond motifs is 1. The van der Waals surface area contributed by atoms with Gasteiger partial charge in [0.15, 0.2) is 5.65 Å². The van der Waals surface area contributed by atoms with Crippen molar-refractivity contribution >= 4 is 22.8 Å². The number of para-hydroxylation sites is 1. The van der Waals surface area contributed by atoms with E-state index in [1.807, 2.05) is 59.3 Å². The highest BCUT2D eigenvalue weighted by Crippen LogP contribution is 2.34. The van der Waals surface area contributed by atoms with E-state index in [1.54, 1.807) is 7.11 Å². The highest BCUT2D eigenvalue weighted by molar-refractivity contribution is 5.98. The van der Waals surface area contributed by atoms with E-state index in [2.05, 4.69) is 14.9 Å². The van der Waals surface area contributed by atoms with Gasteiger partial charge in [0.1, 0.15) is 29.3 Å². The quantitative estimate of drug-likeness (QED) is 0.412. The van der Waals surface area contributed by atoms with E-state index in [4.69, 9.17) is 30.2 Å². The molecule has 1 saturated heterocycles. The number of anilines is 1. The van der Waals surface area contributed by atoms with Crippen molar-refractivity contribution in [2.24, 2.45) is 0 Å². The van der Waals surface area contributed by atoms with Gasteiger partial charge in [0.05, 0.1) is 18.0 Å². The first-order chi connectivity index (χ1) is 17.0. The molecule has 0 bridgehead atoms. The van der Waals surface area contributed by atoms with E-state index in [-0.39, 0.29) is 6.04 Å². The second-order valence-corrected chi connectivity index (χ2v) is 8.12. The Bertz CT molecular complexity index is 1270. The number of benzene rings is 2. The molecule has 1 fully saturated rings. The van der Waals surface area contributed by atoms with Crippen LogP contribution in [0.3, 0.4) is 0 Å². The van der Waals surface area contributed by atoms with Crippen LogP contribution in [0.2, 0.25) is 0 Å². The van der Waals surface area contributed by atoms with E-state index in [0.717, 1.165) is 67.0 Å². The Morgan fingerprint density at radius 2 is 1.74 bits per heavy atom. The standard InChI is InChI=1S/C23H24N6O2.C2H4O2/c1-30-12-11-28-13-17(14-28)29-23-20(22(24)25-15-26-23)21(27-29)16-7-9-19(10-8-16)31-18-5-3-2-4-6-18;1-2(3)4/h2-10,15,17H,11-14H2,1H3,(H2,24,25,26);1H3,(H,3,4). The molecule has 182 valence electrons. The van der Waals surface area contributed by atoms with E-state index in [1.165, 1.54) is 6.33 Å². The second-order valence-electron chi connectivity index (χ2n) is 8.12. The number of nitrogens with zero attached hydrogens (tertiary/aromatic N) is 5. The van der Waals surface area contributed by atoms with Crippen LogP contribution >= 0.6 is 0 Å². The van der Waals surface area contributed by atoms with Gasteiger partial charge >= 0.3 is 0 Å². The van der Waals surface area contributed by atoms with Gasteiger partial charge in [0.2, 0.25) is 0 Å². The molecule has 3 N–H and O–H groups in total. The van der Waals surface area contributed by atoms with Crippen molar-refractivity contribution in [3.05, 3.63) is 60.9 Å². The van der Waals surface area contributed by atoms with Gasteiger partial charge in [-0.3, -0.25) is 9.69 Å². The van der Waals surface area contributed by atoms with Gasteiger partial charge in [-0.25, -0.2) is 14.6 Å². The number of methoxy groups -OCH3 is 1. The number of carboxylic acid groups (broad SMARTS) is 1. The van der Waals surface area contributed by atoms with Gasteiger partial charge in [-0.1, -0.05) is 18.2 Å². The molecule has 0 spiro atoms. The molecule has 35 heavy (non-hydrogen) atoms. The first-order valence-electron chi connectivity index (χ1n) is 11.2. The lowest BCUT2D eigenvalue weighted by Gasteiger charge is -2.39. The normalized spacial score (nSPS) is 13.7. The number of nitrogens with two attached hydrogens (primary N) is 1. The molecule has 10 heteroatoms. The Morgan fingerprint density at radius 1 is 1.09 bits per heavy atom. The lowest BCUT2D eigenvalue weighted by atomic mass is 10.1. The second kappa shape index (κ2) is 10.9. The molecule has 0 atom stereocenters. The third-order valence-electron chi connectivity index (χ3n) is 5.52. The number of hydrogen-bond acceptors (Lipinski definition) is 8. The van der Waals surface area contributed by atoms with Crippen LogP contribution in [-0.2, 0) is 9.53 Å². The molecule has 0 amide bonds. The van der Waals surface area contributed by atoms with Gasteiger partial charge in [-0.15, -0.1) is 0 Å². The summed E-state index contributed by atoms with van der Waals surface area (Å²) in [5.74, 6) is 1.16. The lowest BCUT2D eigenvalue weighted by Crippen LogP contribution is -2.49. The monoisotopic (exact) mass is 476 g/mol. The zero-order valence-electron chi connectivity index (χ0n) is 19.7. The summed E-state index contributed by atoms with van der Waals surface area (Å²) in [6.45, 7) is 4.55. The third-order valence-corrected chi connectivity index (χ3v) is 5.52. The van der Waals surface area contributed by atoms with Crippen LogP contribution in [0.25, 0.3) is 22.3 Å². The van der Waals surface area contributed by atoms with Crippen molar-refractivity contribution in [2.75, 3.05) is 39.1 Å². The van der Waals surface area contributed by atoms with E-state index < -0.39 is 5.97 Å². The van der Waals surface area contributed by atoms with Gasteiger partial charge in [0.25, 0.3) is 5.97 Å². The fraction of sp³-hybridized carbons (Fsp3) is 0.280. The maximum atomic E-state index is 9.00. The minimum atomic E-state index is -0.833. The van der Waals surface area contributed by atoms with Crippen LogP contribution in [0.15, 0.2) is 60.9 Å². The number of likely N-dealkylation sites (tertiary alicyclic amines) is 1. The molecule has 2 aromatic carbocycles. The Balaban J connectivity index is 0.000000672. The summed E-state index contributed by atoms with van der Waals surface area (Å²) in [6.07, 6.45) is 1.50. The lowest BCUT2D eigenvalue weighted by molar-refractivity contribution is -0.134. The number of aromatic nitrogens is 4. The Morgan fingerprint density at radius 3 is 2.40 bits per heavy atom. The Kier molecular flexibility index (Phi) is 7.54. The van der Waals surface area contributed by atoms with Crippen molar-refractivity contribution in [1.82, 2.24) is 24.6 Å². The zero-order valence-corrected chi connectivity index (χ0v) is 19.7. The van der Waals surface area contributed by atoms with Gasteiger partial charge in [-0.05, 0) is 36.4 Å². The number of rotatable bonds is 7. The molecule has 0 aliphatic carbocycles. The molecular formula is C25H28N6O4. The smallest absolute Gasteiger partial charge is 0.300 e. The van der Waals surface area contributed by atoms with E-state index in [0.29, 0.717) is 5.82 Å². The number of nitrogen functional groups attached to an aromatic ring is 1. The molecule has 5 rings (SSSR count). The molecule has 2 aromatic heterocycles. The molecular weight excluding hydrogens is 448 g/mol. The predicted molar refractivity (Wildman–Crippen MR) is 132 cm³/mol. The number of aliphatic carboxylic acids is 1. The van der Waals surface area contributed by atoms with Crippen LogP contribution in [0.5, 0.6) is 11.5 Å². The Hall–Kier alpha value is -4.02. The summed E-state index contributed by atoms with van der Waals surface area (Å²) in [5, 5.41) is 13.1. The first-order valence-corrected chi connectivity index (χ1v) is 11.2. The number of ether oxygens (including phenoxy) is 2. The fourth-order valence-corrected chi connectivity index (χ4v) is 3.86. The SMILES string of the molecule is CC(=O)O.COCCN1CC(n2nc(-c3ccc(Oc4ccccc4)cc3)c3c(N)ncnc32)C1. The van der Waals surface area contributed by atoms with Crippen LogP contribution in [0.1, 0.15) is 13.0 Å². The van der Waals surface area contributed by atoms with E-state index >= 15 is 0 Å². The predicted octanol–water partition coefficient (Wildman–Crippen LogP) is 3.46. The number of hydrogen-bond donors (Lipinski definition) is 2. The summed E-state index contributed by atoms with van der Waals surface area (Å²) in [4.78, 5) is 20.0. The summed E-state index contributed by atoms with van der Waals surface area (Å²) in [5.41, 5.74) is 8.74. The highest BCUT2D eigenvalue weighted by Gasteiger charge is 2.31. The van der Waals surface area contributed by atoms with Crippen LogP contribution < -0.4 is 10.5 Å². The largest absolute Gasteiger partial charge is 0.481 e. The van der Waals surface area contributed by atoms with Crippen LogP contribution in [-0.4, -0.2) is 69.1 Å². The summed E-state index contributed by atoms with van der Waals surface area (Å²) < 4.78 is 13.1. The average Bonchev–Trinajstić information content (AvgIpc) is 3.20. The van der Waals surface area contributed by atoms with Crippen molar-refractivity contribution in [1.29, 1.82) is 0 Å². The number of carbonyl (C=O) groups is 1. The first kappa shape index (κ1) is 24.1. The van der Waals surface area contributed by atoms with Crippen molar-refractivity contribution in [2.45, 2.75) is 13.0 Å². The van der Waals surface area contributed by atoms with E-state index in [9.17, 15) is 0 Å². The van der Waals surface area contributed by atoms with Gasteiger partial charge in [-0.2, -0.15) is 5.10 Å². The molecule has 10 nitrogen and oxygen atoms in total. The Labute approximate surface area is 202 Å². The average molecular weight is 477 g/mol. The molecule has 3 heterocycles. The zero-order chi connectivity index (χ0) is 24.8. The van der Waals surface area contributed by atoms with Crippen molar-refractivity contribution < 1.29 is 19.4 Å². The molecule has 0 saturated carbocycles. The molecule has 0 radical (unpaired) electrons. The third kappa shape index (κ3) is 5.73. The van der Waals surface area contributed by atoms with Crippen LogP contribution in [0, 0.1) is 0 Å². The molecule has 1 aliphatic heterocycles. The maximum absolute atomic E-state index is 9.00. The molecule has 4 aromatic rings. The van der Waals surface area contributed by atoms with Gasteiger partial charge < -0.3 is 20.3 Å². The molecule has 0 unspecified atom stereocenters. The maximum Gasteiger partial charge on any atom is 0.300 e.